The minimum Gasteiger partial charge on any atom is -0.423 e. The van der Waals surface area contributed by atoms with E-state index < -0.39 is 5.95 Å². The zero-order valence-electron chi connectivity index (χ0n) is 16.8. The molecule has 1 fully saturated rings. The van der Waals surface area contributed by atoms with Crippen LogP contribution in [0.4, 0.5) is 9.52 Å². The van der Waals surface area contributed by atoms with Crippen molar-refractivity contribution >= 4 is 22.4 Å². The number of anilines is 1. The fourth-order valence-electron chi connectivity index (χ4n) is 3.65. The normalized spacial score (nSPS) is 22.4. The van der Waals surface area contributed by atoms with E-state index in [0.29, 0.717) is 23.2 Å². The molecule has 1 saturated heterocycles. The van der Waals surface area contributed by atoms with Crippen LogP contribution < -0.4 is 5.32 Å². The van der Waals surface area contributed by atoms with Gasteiger partial charge in [-0.1, -0.05) is 11.3 Å². The van der Waals surface area contributed by atoms with Gasteiger partial charge in [0.25, 0.3) is 0 Å². The van der Waals surface area contributed by atoms with E-state index in [4.69, 9.17) is 9.15 Å². The van der Waals surface area contributed by atoms with Crippen LogP contribution in [-0.2, 0) is 22.7 Å². The number of nitrogens with one attached hydrogen (secondary N) is 1. The Hall–Kier alpha value is -1.91. The predicted octanol–water partition coefficient (Wildman–Crippen LogP) is 3.28. The van der Waals surface area contributed by atoms with Crippen molar-refractivity contribution in [2.24, 2.45) is 0 Å². The van der Waals surface area contributed by atoms with Gasteiger partial charge in [-0.15, -0.1) is 10.2 Å². The average Bonchev–Trinajstić information content (AvgIpc) is 3.13. The predicted molar refractivity (Wildman–Crippen MR) is 102 cm³/mol. The summed E-state index contributed by atoms with van der Waals surface area (Å²) in [6, 6.07) is 0. The van der Waals surface area contributed by atoms with Gasteiger partial charge in [-0.2, -0.15) is 9.37 Å². The second-order valence-electron chi connectivity index (χ2n) is 8.03. The zero-order chi connectivity index (χ0) is 20.5. The lowest BCUT2D eigenvalue weighted by atomic mass is 9.80. The molecule has 0 unspecified atom stereocenters. The van der Waals surface area contributed by atoms with Gasteiger partial charge >= 0.3 is 0 Å². The Morgan fingerprint density at radius 1 is 1.39 bits per heavy atom. The molecule has 1 aliphatic heterocycles. The lowest BCUT2D eigenvalue weighted by Crippen LogP contribution is -2.55. The van der Waals surface area contributed by atoms with Gasteiger partial charge in [-0.05, 0) is 33.6 Å². The van der Waals surface area contributed by atoms with Gasteiger partial charge in [-0.3, -0.25) is 9.69 Å². The SMILES string of the molecule is CC(=O)Nc1nc(F)c(CN2CC[C@](C)(OCc3nnc(C)o3)CC2(C)C)s1. The molecule has 0 aliphatic carbocycles. The average molecular weight is 412 g/mol. The Morgan fingerprint density at radius 2 is 2.14 bits per heavy atom. The third-order valence-corrected chi connectivity index (χ3v) is 5.88. The molecule has 3 rings (SSSR count). The maximum atomic E-state index is 14.2. The van der Waals surface area contributed by atoms with E-state index in [-0.39, 0.29) is 28.8 Å². The molecule has 2 aromatic heterocycles. The summed E-state index contributed by atoms with van der Waals surface area (Å²) in [5, 5.41) is 10.6. The number of ether oxygens (including phenoxy) is 1. The first kappa shape index (κ1) is 20.8. The Labute approximate surface area is 167 Å². The molecular weight excluding hydrogens is 385 g/mol. The summed E-state index contributed by atoms with van der Waals surface area (Å²) in [6.45, 7) is 10.9. The number of carbonyl (C=O) groups excluding carboxylic acids is 1. The molecule has 3 heterocycles. The number of amides is 1. The second kappa shape index (κ2) is 7.84. The molecule has 0 saturated carbocycles. The summed E-state index contributed by atoms with van der Waals surface area (Å²) in [7, 11) is 0. The van der Waals surface area contributed by atoms with Crippen LogP contribution >= 0.6 is 11.3 Å². The number of halogens is 1. The summed E-state index contributed by atoms with van der Waals surface area (Å²) in [5.41, 5.74) is -0.543. The molecule has 1 N–H and O–H groups in total. The highest BCUT2D eigenvalue weighted by molar-refractivity contribution is 7.15. The van der Waals surface area contributed by atoms with Crippen molar-refractivity contribution in [3.05, 3.63) is 22.6 Å². The van der Waals surface area contributed by atoms with Crippen LogP contribution in [0.2, 0.25) is 0 Å². The van der Waals surface area contributed by atoms with E-state index in [9.17, 15) is 9.18 Å². The monoisotopic (exact) mass is 411 g/mol. The number of thiazole rings is 1. The van der Waals surface area contributed by atoms with Gasteiger partial charge in [-0.25, -0.2) is 0 Å². The van der Waals surface area contributed by atoms with Crippen LogP contribution in [0.1, 0.15) is 57.2 Å². The molecular formula is C18H26FN5O3S. The Morgan fingerprint density at radius 3 is 2.75 bits per heavy atom. The number of hydrogen-bond donors (Lipinski definition) is 1. The van der Waals surface area contributed by atoms with Crippen molar-refractivity contribution < 1.29 is 18.3 Å². The van der Waals surface area contributed by atoms with Crippen LogP contribution in [0.25, 0.3) is 0 Å². The first-order chi connectivity index (χ1) is 13.1. The van der Waals surface area contributed by atoms with Crippen molar-refractivity contribution in [3.63, 3.8) is 0 Å². The van der Waals surface area contributed by atoms with Crippen molar-refractivity contribution in [2.45, 2.75) is 71.8 Å². The fourth-order valence-corrected chi connectivity index (χ4v) is 4.55. The summed E-state index contributed by atoms with van der Waals surface area (Å²) < 4.78 is 25.7. The Balaban J connectivity index is 1.63. The molecule has 154 valence electrons. The second-order valence-corrected chi connectivity index (χ2v) is 9.11. The molecule has 1 aliphatic rings. The molecule has 28 heavy (non-hydrogen) atoms. The lowest BCUT2D eigenvalue weighted by molar-refractivity contribution is -0.123. The van der Waals surface area contributed by atoms with E-state index in [1.807, 2.05) is 0 Å². The first-order valence-electron chi connectivity index (χ1n) is 9.17. The van der Waals surface area contributed by atoms with E-state index in [1.165, 1.54) is 18.3 Å². The fraction of sp³-hybridized carbons (Fsp3) is 0.667. The van der Waals surface area contributed by atoms with Crippen molar-refractivity contribution in [1.82, 2.24) is 20.1 Å². The topological polar surface area (TPSA) is 93.4 Å². The molecule has 1 atom stereocenters. The Bertz CT molecular complexity index is 852. The van der Waals surface area contributed by atoms with E-state index >= 15 is 0 Å². The highest BCUT2D eigenvalue weighted by atomic mass is 32.1. The highest BCUT2D eigenvalue weighted by Gasteiger charge is 2.42. The molecule has 2 aromatic rings. The number of likely N-dealkylation sites (tertiary alicyclic amines) is 1. The van der Waals surface area contributed by atoms with Crippen LogP contribution in [-0.4, -0.2) is 43.7 Å². The van der Waals surface area contributed by atoms with Crippen molar-refractivity contribution in [3.8, 4) is 0 Å². The minimum absolute atomic E-state index is 0.206. The van der Waals surface area contributed by atoms with Gasteiger partial charge in [0.05, 0.1) is 10.5 Å². The smallest absolute Gasteiger partial charge is 0.242 e. The summed E-state index contributed by atoms with van der Waals surface area (Å²) in [5.74, 6) is 0.198. The minimum atomic E-state index is -0.527. The van der Waals surface area contributed by atoms with Gasteiger partial charge in [0.2, 0.25) is 23.6 Å². The van der Waals surface area contributed by atoms with Gasteiger partial charge in [0.15, 0.2) is 5.13 Å². The molecule has 0 spiro atoms. The van der Waals surface area contributed by atoms with Crippen molar-refractivity contribution in [1.29, 1.82) is 0 Å². The number of aryl methyl sites for hydroxylation is 1. The third-order valence-electron chi connectivity index (χ3n) is 4.95. The summed E-state index contributed by atoms with van der Waals surface area (Å²) >= 11 is 1.17. The molecule has 10 heteroatoms. The lowest BCUT2D eigenvalue weighted by Gasteiger charge is -2.49. The van der Waals surface area contributed by atoms with E-state index in [2.05, 4.69) is 46.2 Å². The number of carbonyl (C=O) groups is 1. The number of nitrogens with zero attached hydrogens (tertiary/aromatic N) is 4. The number of aromatic nitrogens is 3. The maximum absolute atomic E-state index is 14.2. The van der Waals surface area contributed by atoms with Gasteiger partial charge in [0.1, 0.15) is 6.61 Å². The highest BCUT2D eigenvalue weighted by Crippen LogP contribution is 2.39. The molecule has 0 radical (unpaired) electrons. The van der Waals surface area contributed by atoms with Crippen LogP contribution in [0.3, 0.4) is 0 Å². The largest absolute Gasteiger partial charge is 0.423 e. The number of rotatable bonds is 6. The molecule has 0 aromatic carbocycles. The van der Waals surface area contributed by atoms with Gasteiger partial charge < -0.3 is 14.5 Å². The number of hydrogen-bond acceptors (Lipinski definition) is 8. The van der Waals surface area contributed by atoms with Crippen LogP contribution in [0.15, 0.2) is 4.42 Å². The van der Waals surface area contributed by atoms with Gasteiger partial charge in [0, 0.05) is 32.5 Å². The maximum Gasteiger partial charge on any atom is 0.242 e. The summed E-state index contributed by atoms with van der Waals surface area (Å²) in [4.78, 5) is 17.7. The summed E-state index contributed by atoms with van der Waals surface area (Å²) in [6.07, 6.45) is 1.56. The zero-order valence-corrected chi connectivity index (χ0v) is 17.7. The molecule has 8 nitrogen and oxygen atoms in total. The quantitative estimate of drug-likeness (QED) is 0.779. The number of piperidine rings is 1. The first-order valence-corrected chi connectivity index (χ1v) is 9.99. The van der Waals surface area contributed by atoms with E-state index in [1.54, 1.807) is 6.92 Å². The van der Waals surface area contributed by atoms with Crippen LogP contribution in [0.5, 0.6) is 0 Å². The standard InChI is InChI=1S/C18H26FN5O3S/c1-11(25)20-16-21-15(19)13(28-16)8-24-7-6-18(5,10-17(24,3)4)26-9-14-23-22-12(2)27-14/h6-10H2,1-5H3,(H,20,21,25)/t18-/m0/s1. The molecule has 0 bridgehead atoms. The Kier molecular flexibility index (Phi) is 5.83. The van der Waals surface area contributed by atoms with E-state index in [0.717, 1.165) is 19.4 Å². The van der Waals surface area contributed by atoms with Crippen LogP contribution in [0, 0.1) is 12.9 Å². The third kappa shape index (κ3) is 4.92. The molecule has 1 amide bonds. The van der Waals surface area contributed by atoms with Crippen molar-refractivity contribution in [2.75, 3.05) is 11.9 Å².